The Morgan fingerprint density at radius 2 is 1.81 bits per heavy atom. The summed E-state index contributed by atoms with van der Waals surface area (Å²) in [6.45, 7) is 5.58. The standard InChI is InChI=1S/C14H25N3O4/c1-10(2)11(9-13(19)20)16-14(21)15-6-5-12(18)17-7-3-4-8-17/h10-11H,3-9H2,1-2H3,(H,19,20)(H2,15,16,21). The lowest BCUT2D eigenvalue weighted by Gasteiger charge is -2.21. The molecule has 1 unspecified atom stereocenters. The number of urea groups is 1. The van der Waals surface area contributed by atoms with Crippen molar-refractivity contribution in [1.29, 1.82) is 0 Å². The van der Waals surface area contributed by atoms with Crippen LogP contribution in [0.5, 0.6) is 0 Å². The van der Waals surface area contributed by atoms with Crippen LogP contribution in [-0.2, 0) is 9.59 Å². The minimum absolute atomic E-state index is 0.0260. The summed E-state index contributed by atoms with van der Waals surface area (Å²) in [6, 6.07) is -0.846. The molecule has 1 atom stereocenters. The Kier molecular flexibility index (Phi) is 6.98. The fraction of sp³-hybridized carbons (Fsp3) is 0.786. The zero-order chi connectivity index (χ0) is 15.8. The molecule has 0 aromatic carbocycles. The molecule has 0 radical (unpaired) electrons. The third-order valence-electron chi connectivity index (χ3n) is 3.60. The van der Waals surface area contributed by atoms with Crippen molar-refractivity contribution in [1.82, 2.24) is 15.5 Å². The quantitative estimate of drug-likeness (QED) is 0.647. The largest absolute Gasteiger partial charge is 0.481 e. The molecule has 120 valence electrons. The van der Waals surface area contributed by atoms with Gasteiger partial charge in [0.15, 0.2) is 0 Å². The van der Waals surface area contributed by atoms with Crippen molar-refractivity contribution >= 4 is 17.9 Å². The number of carbonyl (C=O) groups excluding carboxylic acids is 2. The van der Waals surface area contributed by atoms with E-state index in [-0.39, 0.29) is 31.2 Å². The smallest absolute Gasteiger partial charge is 0.315 e. The molecule has 21 heavy (non-hydrogen) atoms. The van der Waals surface area contributed by atoms with E-state index in [2.05, 4.69) is 10.6 Å². The summed E-state index contributed by atoms with van der Waals surface area (Å²) in [4.78, 5) is 36.0. The maximum Gasteiger partial charge on any atom is 0.315 e. The van der Waals surface area contributed by atoms with Gasteiger partial charge in [-0.3, -0.25) is 9.59 Å². The minimum Gasteiger partial charge on any atom is -0.481 e. The summed E-state index contributed by atoms with van der Waals surface area (Å²) in [7, 11) is 0. The monoisotopic (exact) mass is 299 g/mol. The fourth-order valence-corrected chi connectivity index (χ4v) is 2.27. The Bertz CT molecular complexity index is 378. The first-order valence-electron chi connectivity index (χ1n) is 7.44. The summed E-state index contributed by atoms with van der Waals surface area (Å²) < 4.78 is 0. The summed E-state index contributed by atoms with van der Waals surface area (Å²) in [5.41, 5.74) is 0. The van der Waals surface area contributed by atoms with Gasteiger partial charge in [-0.1, -0.05) is 13.8 Å². The molecule has 3 N–H and O–H groups in total. The van der Waals surface area contributed by atoms with Gasteiger partial charge in [0, 0.05) is 32.1 Å². The molecular weight excluding hydrogens is 274 g/mol. The molecule has 0 aliphatic carbocycles. The SMILES string of the molecule is CC(C)C(CC(=O)O)NC(=O)NCCC(=O)N1CCCC1. The number of nitrogens with zero attached hydrogens (tertiary/aromatic N) is 1. The van der Waals surface area contributed by atoms with Gasteiger partial charge in [0.2, 0.25) is 5.91 Å². The first kappa shape index (κ1) is 17.3. The Balaban J connectivity index is 2.25. The van der Waals surface area contributed by atoms with Crippen LogP contribution in [-0.4, -0.2) is 53.6 Å². The molecule has 0 saturated carbocycles. The summed E-state index contributed by atoms with van der Waals surface area (Å²) >= 11 is 0. The zero-order valence-corrected chi connectivity index (χ0v) is 12.7. The van der Waals surface area contributed by atoms with E-state index in [1.807, 2.05) is 13.8 Å². The molecule has 1 heterocycles. The van der Waals surface area contributed by atoms with Gasteiger partial charge in [-0.15, -0.1) is 0 Å². The number of aliphatic carboxylic acids is 1. The summed E-state index contributed by atoms with van der Waals surface area (Å²) in [5, 5.41) is 14.0. The van der Waals surface area contributed by atoms with Crippen LogP contribution in [0.1, 0.15) is 39.5 Å². The van der Waals surface area contributed by atoms with Crippen LogP contribution in [0, 0.1) is 5.92 Å². The molecule has 1 rings (SSSR count). The number of amides is 3. The van der Waals surface area contributed by atoms with Crippen molar-refractivity contribution in [3.05, 3.63) is 0 Å². The van der Waals surface area contributed by atoms with E-state index in [1.165, 1.54) is 0 Å². The topological polar surface area (TPSA) is 98.7 Å². The van der Waals surface area contributed by atoms with E-state index < -0.39 is 18.0 Å². The number of likely N-dealkylation sites (tertiary alicyclic amines) is 1. The van der Waals surface area contributed by atoms with Crippen molar-refractivity contribution in [2.45, 2.75) is 45.6 Å². The van der Waals surface area contributed by atoms with Crippen molar-refractivity contribution in [3.63, 3.8) is 0 Å². The highest BCUT2D eigenvalue weighted by Gasteiger charge is 2.20. The van der Waals surface area contributed by atoms with E-state index in [4.69, 9.17) is 5.11 Å². The third-order valence-corrected chi connectivity index (χ3v) is 3.60. The second-order valence-corrected chi connectivity index (χ2v) is 5.69. The molecule has 1 fully saturated rings. The van der Waals surface area contributed by atoms with E-state index in [0.29, 0.717) is 0 Å². The third kappa shape index (κ3) is 6.46. The van der Waals surface area contributed by atoms with Gasteiger partial charge in [0.1, 0.15) is 0 Å². The summed E-state index contributed by atoms with van der Waals surface area (Å²) in [6.07, 6.45) is 2.26. The average molecular weight is 299 g/mol. The van der Waals surface area contributed by atoms with Gasteiger partial charge < -0.3 is 20.6 Å². The highest BCUT2D eigenvalue weighted by molar-refractivity contribution is 5.79. The number of carboxylic acids is 1. The van der Waals surface area contributed by atoms with Gasteiger partial charge in [0.25, 0.3) is 0 Å². The molecule has 1 aliphatic rings. The second kappa shape index (κ2) is 8.49. The van der Waals surface area contributed by atoms with Crippen LogP contribution in [0.15, 0.2) is 0 Å². The normalized spacial score (nSPS) is 15.9. The minimum atomic E-state index is -0.946. The predicted molar refractivity (Wildman–Crippen MR) is 77.8 cm³/mol. The molecular formula is C14H25N3O4. The van der Waals surface area contributed by atoms with Crippen LogP contribution in [0.25, 0.3) is 0 Å². The van der Waals surface area contributed by atoms with E-state index in [9.17, 15) is 14.4 Å². The van der Waals surface area contributed by atoms with Gasteiger partial charge in [-0.05, 0) is 18.8 Å². The second-order valence-electron chi connectivity index (χ2n) is 5.69. The molecule has 7 heteroatoms. The molecule has 1 aliphatic heterocycles. The lowest BCUT2D eigenvalue weighted by molar-refractivity contribution is -0.137. The van der Waals surface area contributed by atoms with Gasteiger partial charge in [-0.2, -0.15) is 0 Å². The first-order chi connectivity index (χ1) is 9.90. The number of carboxylic acid groups (broad SMARTS) is 1. The van der Waals surface area contributed by atoms with Crippen LogP contribution in [0.4, 0.5) is 4.79 Å². The van der Waals surface area contributed by atoms with E-state index in [1.54, 1.807) is 4.90 Å². The molecule has 0 spiro atoms. The maximum absolute atomic E-state index is 11.8. The van der Waals surface area contributed by atoms with E-state index in [0.717, 1.165) is 25.9 Å². The van der Waals surface area contributed by atoms with Gasteiger partial charge in [0.05, 0.1) is 6.42 Å². The molecule has 0 aromatic rings. The Morgan fingerprint density at radius 3 is 2.33 bits per heavy atom. The molecule has 1 saturated heterocycles. The van der Waals surface area contributed by atoms with Crippen molar-refractivity contribution in [2.75, 3.05) is 19.6 Å². The number of hydrogen-bond donors (Lipinski definition) is 3. The Hall–Kier alpha value is -1.79. The van der Waals surface area contributed by atoms with Crippen LogP contribution in [0.2, 0.25) is 0 Å². The highest BCUT2D eigenvalue weighted by atomic mass is 16.4. The van der Waals surface area contributed by atoms with Crippen molar-refractivity contribution < 1.29 is 19.5 Å². The van der Waals surface area contributed by atoms with Crippen molar-refractivity contribution in [2.24, 2.45) is 5.92 Å². The molecule has 0 aromatic heterocycles. The molecule has 7 nitrogen and oxygen atoms in total. The fourth-order valence-electron chi connectivity index (χ4n) is 2.27. The Morgan fingerprint density at radius 1 is 1.19 bits per heavy atom. The lowest BCUT2D eigenvalue weighted by Crippen LogP contribution is -2.46. The first-order valence-corrected chi connectivity index (χ1v) is 7.44. The van der Waals surface area contributed by atoms with E-state index >= 15 is 0 Å². The lowest BCUT2D eigenvalue weighted by atomic mass is 10.0. The highest BCUT2D eigenvalue weighted by Crippen LogP contribution is 2.08. The number of rotatable bonds is 7. The number of carbonyl (C=O) groups is 3. The predicted octanol–water partition coefficient (Wildman–Crippen LogP) is 0.797. The number of nitrogens with one attached hydrogen (secondary N) is 2. The molecule has 3 amide bonds. The molecule has 0 bridgehead atoms. The van der Waals surface area contributed by atoms with Crippen molar-refractivity contribution in [3.8, 4) is 0 Å². The van der Waals surface area contributed by atoms with Gasteiger partial charge in [-0.25, -0.2) is 4.79 Å². The average Bonchev–Trinajstić information content (AvgIpc) is 2.91. The maximum atomic E-state index is 11.8. The number of hydrogen-bond acceptors (Lipinski definition) is 3. The zero-order valence-electron chi connectivity index (χ0n) is 12.7. The summed E-state index contributed by atoms with van der Waals surface area (Å²) in [5.74, 6) is -0.866. The van der Waals surface area contributed by atoms with Crippen LogP contribution >= 0.6 is 0 Å². The van der Waals surface area contributed by atoms with Crippen LogP contribution in [0.3, 0.4) is 0 Å². The Labute approximate surface area is 125 Å². The van der Waals surface area contributed by atoms with Crippen LogP contribution < -0.4 is 10.6 Å². The van der Waals surface area contributed by atoms with Gasteiger partial charge >= 0.3 is 12.0 Å².